The number of hydrogen-bond donors (Lipinski definition) is 3. The van der Waals surface area contributed by atoms with Gasteiger partial charge in [0.05, 0.1) is 0 Å². The Kier molecular flexibility index (Phi) is 6.97. The third kappa shape index (κ3) is 4.56. The van der Waals surface area contributed by atoms with Crippen molar-refractivity contribution in [2.75, 3.05) is 11.9 Å². The number of para-hydroxylation sites is 1. The van der Waals surface area contributed by atoms with Gasteiger partial charge in [-0.2, -0.15) is 0 Å². The largest absolute Gasteiger partial charge is 0.325 e. The van der Waals surface area contributed by atoms with Gasteiger partial charge in [-0.25, -0.2) is 5.84 Å². The van der Waals surface area contributed by atoms with Crippen molar-refractivity contribution >= 4 is 11.6 Å². The summed E-state index contributed by atoms with van der Waals surface area (Å²) in [4.78, 5) is 4.45. The van der Waals surface area contributed by atoms with Crippen LogP contribution in [0.15, 0.2) is 23.2 Å². The van der Waals surface area contributed by atoms with E-state index in [-0.39, 0.29) is 0 Å². The van der Waals surface area contributed by atoms with Crippen molar-refractivity contribution < 1.29 is 0 Å². The highest BCUT2D eigenvalue weighted by Gasteiger charge is 2.07. The normalized spacial score (nSPS) is 11.5. The quantitative estimate of drug-likeness (QED) is 0.243. The molecular weight excluding hydrogens is 236 g/mol. The molecule has 0 aliphatic carbocycles. The zero-order chi connectivity index (χ0) is 14.1. The molecule has 0 heterocycles. The molecule has 106 valence electrons. The third-order valence-electron chi connectivity index (χ3n) is 3.16. The van der Waals surface area contributed by atoms with Crippen LogP contribution in [0.25, 0.3) is 0 Å². The lowest BCUT2D eigenvalue weighted by Crippen LogP contribution is -2.37. The molecule has 0 spiro atoms. The summed E-state index contributed by atoms with van der Waals surface area (Å²) in [6.07, 6.45) is 4.18. The number of aryl methyl sites for hydroxylation is 2. The number of guanidine groups is 1. The Labute approximate surface area is 116 Å². The molecule has 0 aromatic heterocycles. The summed E-state index contributed by atoms with van der Waals surface area (Å²) in [5.41, 5.74) is 6.37. The lowest BCUT2D eigenvalue weighted by Gasteiger charge is -2.16. The van der Waals surface area contributed by atoms with Crippen LogP contribution in [0.4, 0.5) is 5.69 Å². The maximum atomic E-state index is 5.54. The van der Waals surface area contributed by atoms with Gasteiger partial charge in [-0.1, -0.05) is 45.4 Å². The SMILES string of the molecule is CCCCN=C(NN)Nc1c(CC)cccc1CC. The number of anilines is 1. The predicted molar refractivity (Wildman–Crippen MR) is 83.4 cm³/mol. The van der Waals surface area contributed by atoms with E-state index in [1.54, 1.807) is 0 Å². The molecule has 1 aromatic carbocycles. The molecule has 0 amide bonds. The van der Waals surface area contributed by atoms with Gasteiger partial charge in [-0.05, 0) is 30.4 Å². The Balaban J connectivity index is 2.92. The van der Waals surface area contributed by atoms with Gasteiger partial charge in [0, 0.05) is 12.2 Å². The van der Waals surface area contributed by atoms with Crippen LogP contribution in [0.5, 0.6) is 0 Å². The number of nitrogens with one attached hydrogen (secondary N) is 2. The minimum atomic E-state index is 0.643. The first-order chi connectivity index (χ1) is 9.26. The number of hydrazine groups is 1. The van der Waals surface area contributed by atoms with Gasteiger partial charge in [0.1, 0.15) is 0 Å². The van der Waals surface area contributed by atoms with Crippen LogP contribution in [0.1, 0.15) is 44.7 Å². The lowest BCUT2D eigenvalue weighted by atomic mass is 10.0. The monoisotopic (exact) mass is 262 g/mol. The first kappa shape index (κ1) is 15.5. The average Bonchev–Trinajstić information content (AvgIpc) is 2.46. The van der Waals surface area contributed by atoms with Crippen molar-refractivity contribution in [1.29, 1.82) is 0 Å². The molecule has 0 atom stereocenters. The molecule has 0 bridgehead atoms. The molecule has 0 saturated carbocycles. The van der Waals surface area contributed by atoms with E-state index in [1.807, 2.05) is 0 Å². The van der Waals surface area contributed by atoms with Gasteiger partial charge in [0.2, 0.25) is 5.96 Å². The summed E-state index contributed by atoms with van der Waals surface area (Å²) in [6, 6.07) is 6.38. The summed E-state index contributed by atoms with van der Waals surface area (Å²) in [7, 11) is 0. The Hall–Kier alpha value is -1.55. The Morgan fingerprint density at radius 2 is 1.79 bits per heavy atom. The smallest absolute Gasteiger partial charge is 0.210 e. The predicted octanol–water partition coefficient (Wildman–Crippen LogP) is 2.84. The van der Waals surface area contributed by atoms with Gasteiger partial charge in [-0.15, -0.1) is 0 Å². The zero-order valence-electron chi connectivity index (χ0n) is 12.3. The Bertz CT molecular complexity index is 390. The van der Waals surface area contributed by atoms with Crippen LogP contribution in [-0.2, 0) is 12.8 Å². The van der Waals surface area contributed by atoms with E-state index in [9.17, 15) is 0 Å². The summed E-state index contributed by atoms with van der Waals surface area (Å²) in [5.74, 6) is 6.19. The first-order valence-corrected chi connectivity index (χ1v) is 7.15. The van der Waals surface area contributed by atoms with Crippen LogP contribution in [0.3, 0.4) is 0 Å². The van der Waals surface area contributed by atoms with Crippen molar-refractivity contribution in [3.05, 3.63) is 29.3 Å². The number of benzene rings is 1. The standard InChI is InChI=1S/C15H26N4/c1-4-7-11-17-15(19-16)18-14-12(5-2)9-8-10-13(14)6-3/h8-10H,4-7,11,16H2,1-3H3,(H2,17,18,19). The van der Waals surface area contributed by atoms with E-state index in [0.717, 1.165) is 37.9 Å². The van der Waals surface area contributed by atoms with Crippen LogP contribution >= 0.6 is 0 Å². The molecule has 4 nitrogen and oxygen atoms in total. The van der Waals surface area contributed by atoms with Gasteiger partial charge in [0.25, 0.3) is 0 Å². The van der Waals surface area contributed by atoms with Crippen molar-refractivity contribution in [2.45, 2.75) is 46.5 Å². The number of unbranched alkanes of at least 4 members (excludes halogenated alkanes) is 1. The van der Waals surface area contributed by atoms with Gasteiger partial charge >= 0.3 is 0 Å². The van der Waals surface area contributed by atoms with E-state index >= 15 is 0 Å². The van der Waals surface area contributed by atoms with Gasteiger partial charge in [-0.3, -0.25) is 10.4 Å². The maximum absolute atomic E-state index is 5.54. The fraction of sp³-hybridized carbons (Fsp3) is 0.533. The topological polar surface area (TPSA) is 62.4 Å². The maximum Gasteiger partial charge on any atom is 0.210 e. The number of nitrogens with zero attached hydrogens (tertiary/aromatic N) is 1. The molecular formula is C15H26N4. The van der Waals surface area contributed by atoms with E-state index < -0.39 is 0 Å². The van der Waals surface area contributed by atoms with E-state index in [2.05, 4.69) is 54.7 Å². The second kappa shape index (κ2) is 8.53. The fourth-order valence-electron chi connectivity index (χ4n) is 1.99. The molecule has 0 aliphatic heterocycles. The van der Waals surface area contributed by atoms with Crippen LogP contribution < -0.4 is 16.6 Å². The molecule has 0 unspecified atom stereocenters. The van der Waals surface area contributed by atoms with Crippen LogP contribution in [0, 0.1) is 0 Å². The fourth-order valence-corrected chi connectivity index (χ4v) is 1.99. The molecule has 4 N–H and O–H groups in total. The summed E-state index contributed by atoms with van der Waals surface area (Å²) in [6.45, 7) is 7.26. The van der Waals surface area contributed by atoms with Crippen molar-refractivity contribution in [1.82, 2.24) is 5.43 Å². The van der Waals surface area contributed by atoms with E-state index in [4.69, 9.17) is 5.84 Å². The molecule has 0 fully saturated rings. The molecule has 0 aliphatic rings. The summed E-state index contributed by atoms with van der Waals surface area (Å²) < 4.78 is 0. The summed E-state index contributed by atoms with van der Waals surface area (Å²) in [5, 5.41) is 3.34. The zero-order valence-corrected chi connectivity index (χ0v) is 12.3. The third-order valence-corrected chi connectivity index (χ3v) is 3.16. The van der Waals surface area contributed by atoms with Gasteiger partial charge < -0.3 is 5.32 Å². The first-order valence-electron chi connectivity index (χ1n) is 7.15. The highest BCUT2D eigenvalue weighted by atomic mass is 15.3. The highest BCUT2D eigenvalue weighted by Crippen LogP contribution is 2.22. The van der Waals surface area contributed by atoms with Crippen molar-refractivity contribution in [3.8, 4) is 0 Å². The molecule has 0 radical (unpaired) electrons. The van der Waals surface area contributed by atoms with E-state index in [0.29, 0.717) is 5.96 Å². The van der Waals surface area contributed by atoms with E-state index in [1.165, 1.54) is 11.1 Å². The number of aliphatic imine (C=N–C) groups is 1. The van der Waals surface area contributed by atoms with Crippen molar-refractivity contribution in [2.24, 2.45) is 10.8 Å². The molecule has 4 heteroatoms. The van der Waals surface area contributed by atoms with Crippen LogP contribution in [0.2, 0.25) is 0 Å². The molecule has 1 rings (SSSR count). The number of nitrogens with two attached hydrogens (primary N) is 1. The second-order valence-electron chi connectivity index (χ2n) is 4.51. The van der Waals surface area contributed by atoms with Crippen LogP contribution in [-0.4, -0.2) is 12.5 Å². The average molecular weight is 262 g/mol. The minimum absolute atomic E-state index is 0.643. The highest BCUT2D eigenvalue weighted by molar-refractivity contribution is 5.94. The number of rotatable bonds is 6. The Morgan fingerprint density at radius 3 is 2.26 bits per heavy atom. The minimum Gasteiger partial charge on any atom is -0.325 e. The summed E-state index contributed by atoms with van der Waals surface area (Å²) >= 11 is 0. The van der Waals surface area contributed by atoms with Gasteiger partial charge in [0.15, 0.2) is 0 Å². The molecule has 1 aromatic rings. The lowest BCUT2D eigenvalue weighted by molar-refractivity contribution is 0.801. The second-order valence-corrected chi connectivity index (χ2v) is 4.51. The molecule has 19 heavy (non-hydrogen) atoms. The molecule has 0 saturated heterocycles. The Morgan fingerprint density at radius 1 is 1.16 bits per heavy atom. The number of hydrogen-bond acceptors (Lipinski definition) is 2. The van der Waals surface area contributed by atoms with Crippen molar-refractivity contribution in [3.63, 3.8) is 0 Å².